The summed E-state index contributed by atoms with van der Waals surface area (Å²) in [4.78, 5) is 25.7. The number of hydrogen-bond acceptors (Lipinski definition) is 3. The molecule has 0 atom stereocenters. The molecule has 0 saturated heterocycles. The van der Waals surface area contributed by atoms with Gasteiger partial charge in [0.1, 0.15) is 5.54 Å². The van der Waals surface area contributed by atoms with Crippen LogP contribution < -0.4 is 0 Å². The van der Waals surface area contributed by atoms with Gasteiger partial charge in [0.25, 0.3) is 5.91 Å². The van der Waals surface area contributed by atoms with E-state index in [1.54, 1.807) is 24.1 Å². The minimum Gasteiger partial charge on any atom is -0.324 e. The molecule has 1 spiro atoms. The van der Waals surface area contributed by atoms with Crippen molar-refractivity contribution in [3.8, 4) is 0 Å². The highest BCUT2D eigenvalue weighted by molar-refractivity contribution is 7.86. The minimum absolute atomic E-state index is 0.0727. The average Bonchev–Trinajstić information content (AvgIpc) is 2.65. The summed E-state index contributed by atoms with van der Waals surface area (Å²) in [6.07, 6.45) is 6.52. The monoisotopic (exact) mass is 283 g/mol. The predicted octanol–water partition coefficient (Wildman–Crippen LogP) is 2.23. The zero-order chi connectivity index (χ0) is 14.3. The van der Waals surface area contributed by atoms with Crippen LogP contribution in [0.1, 0.15) is 5.56 Å². The van der Waals surface area contributed by atoms with E-state index >= 15 is 0 Å². The lowest BCUT2D eigenvalue weighted by Crippen LogP contribution is -2.43. The van der Waals surface area contributed by atoms with Crippen molar-refractivity contribution in [3.63, 3.8) is 0 Å². The van der Waals surface area contributed by atoms with Gasteiger partial charge in [-0.15, -0.1) is 12.6 Å². The van der Waals surface area contributed by atoms with Gasteiger partial charge in [0.2, 0.25) is 0 Å². The fourth-order valence-corrected chi connectivity index (χ4v) is 3.14. The van der Waals surface area contributed by atoms with Crippen molar-refractivity contribution in [3.05, 3.63) is 65.1 Å². The van der Waals surface area contributed by atoms with Crippen LogP contribution in [0.15, 0.2) is 59.5 Å². The lowest BCUT2D eigenvalue weighted by molar-refractivity contribution is -0.125. The number of nitrogens with zero attached hydrogens (tertiary/aromatic N) is 1. The van der Waals surface area contributed by atoms with Gasteiger partial charge in [-0.2, -0.15) is 0 Å². The Morgan fingerprint density at radius 3 is 2.25 bits per heavy atom. The van der Waals surface area contributed by atoms with Crippen LogP contribution in [0.4, 0.5) is 0 Å². The van der Waals surface area contributed by atoms with Gasteiger partial charge in [-0.3, -0.25) is 9.59 Å². The standard InChI is InChI=1S/C16H13NO2S/c1-17-15(19)14(20)13(11-5-3-2-4-6-11)16(17)9-7-12(18)8-10-16/h2-10,20H,1H3. The maximum atomic E-state index is 12.3. The largest absolute Gasteiger partial charge is 0.324 e. The van der Waals surface area contributed by atoms with Crippen LogP contribution in [0.5, 0.6) is 0 Å². The summed E-state index contributed by atoms with van der Waals surface area (Å²) in [6, 6.07) is 9.64. The Kier molecular flexibility index (Phi) is 2.91. The molecule has 0 unspecified atom stereocenters. The summed E-state index contributed by atoms with van der Waals surface area (Å²) >= 11 is 4.40. The molecule has 2 aliphatic rings. The SMILES string of the molecule is CN1C(=O)C(S)=C(c2ccccc2)C12C=CC(=O)C=C2. The first-order valence-electron chi connectivity index (χ1n) is 6.26. The molecule has 0 N–H and O–H groups in total. The van der Waals surface area contributed by atoms with Crippen LogP contribution >= 0.6 is 12.6 Å². The summed E-state index contributed by atoms with van der Waals surface area (Å²) in [5, 5.41) is 0. The molecule has 0 fully saturated rings. The van der Waals surface area contributed by atoms with Crippen LogP contribution in [0.2, 0.25) is 0 Å². The predicted molar refractivity (Wildman–Crippen MR) is 81.1 cm³/mol. The molecule has 1 aliphatic carbocycles. The van der Waals surface area contributed by atoms with E-state index in [2.05, 4.69) is 12.6 Å². The summed E-state index contributed by atoms with van der Waals surface area (Å²) in [7, 11) is 1.72. The van der Waals surface area contributed by atoms with Crippen LogP contribution in [0, 0.1) is 0 Å². The van der Waals surface area contributed by atoms with Gasteiger partial charge < -0.3 is 4.90 Å². The van der Waals surface area contributed by atoms with Gasteiger partial charge in [0.15, 0.2) is 5.78 Å². The Morgan fingerprint density at radius 1 is 1.05 bits per heavy atom. The number of ketones is 1. The Bertz CT molecular complexity index is 670. The topological polar surface area (TPSA) is 37.4 Å². The summed E-state index contributed by atoms with van der Waals surface area (Å²) in [6.45, 7) is 0. The van der Waals surface area contributed by atoms with Crippen LogP contribution in [0.25, 0.3) is 5.57 Å². The van der Waals surface area contributed by atoms with Crippen molar-refractivity contribution in [2.75, 3.05) is 7.05 Å². The van der Waals surface area contributed by atoms with Crippen molar-refractivity contribution in [1.82, 2.24) is 4.90 Å². The zero-order valence-corrected chi connectivity index (χ0v) is 11.8. The van der Waals surface area contributed by atoms with Crippen LogP contribution in [-0.4, -0.2) is 29.2 Å². The molecule has 0 saturated carbocycles. The lowest BCUT2D eigenvalue weighted by Gasteiger charge is -2.34. The normalized spacial score (nSPS) is 20.4. The van der Waals surface area contributed by atoms with E-state index in [1.807, 2.05) is 30.3 Å². The smallest absolute Gasteiger partial charge is 0.261 e. The summed E-state index contributed by atoms with van der Waals surface area (Å²) < 4.78 is 0. The molecule has 0 bridgehead atoms. The Hall–Kier alpha value is -2.07. The fourth-order valence-electron chi connectivity index (χ4n) is 2.68. The fraction of sp³-hybridized carbons (Fsp3) is 0.125. The number of hydrogen-bond donors (Lipinski definition) is 1. The first-order valence-corrected chi connectivity index (χ1v) is 6.71. The molecular weight excluding hydrogens is 270 g/mol. The van der Waals surface area contributed by atoms with E-state index in [1.165, 1.54) is 12.2 Å². The molecule has 1 aromatic carbocycles. The molecule has 1 amide bonds. The van der Waals surface area contributed by atoms with Gasteiger partial charge in [0.05, 0.1) is 4.91 Å². The molecule has 20 heavy (non-hydrogen) atoms. The first kappa shape index (κ1) is 12.9. The van der Waals surface area contributed by atoms with Crippen molar-refractivity contribution in [1.29, 1.82) is 0 Å². The third kappa shape index (κ3) is 1.68. The van der Waals surface area contributed by atoms with Gasteiger partial charge in [-0.05, 0) is 29.9 Å². The zero-order valence-electron chi connectivity index (χ0n) is 10.9. The number of carbonyl (C=O) groups excluding carboxylic acids is 2. The van der Waals surface area contributed by atoms with Crippen molar-refractivity contribution >= 4 is 29.9 Å². The molecule has 4 heteroatoms. The number of rotatable bonds is 1. The third-order valence-corrected chi connectivity index (χ3v) is 4.18. The Balaban J connectivity index is 2.23. The second-order valence-electron chi connectivity index (χ2n) is 4.85. The lowest BCUT2D eigenvalue weighted by atomic mass is 9.83. The number of likely N-dealkylation sites (N-methyl/N-ethyl adjacent to an activating group) is 1. The van der Waals surface area contributed by atoms with Crippen molar-refractivity contribution in [2.24, 2.45) is 0 Å². The molecule has 100 valence electrons. The van der Waals surface area contributed by atoms with Gasteiger partial charge in [-0.1, -0.05) is 30.3 Å². The summed E-state index contributed by atoms with van der Waals surface area (Å²) in [5.41, 5.74) is 1.02. The number of thiol groups is 1. The number of carbonyl (C=O) groups is 2. The highest BCUT2D eigenvalue weighted by Crippen LogP contribution is 2.45. The van der Waals surface area contributed by atoms with Crippen molar-refractivity contribution < 1.29 is 9.59 Å². The molecule has 0 radical (unpaired) electrons. The average molecular weight is 283 g/mol. The number of amides is 1. The van der Waals surface area contributed by atoms with Gasteiger partial charge in [-0.25, -0.2) is 0 Å². The first-order chi connectivity index (χ1) is 9.56. The molecule has 0 aromatic heterocycles. The van der Waals surface area contributed by atoms with Gasteiger partial charge >= 0.3 is 0 Å². The second kappa shape index (κ2) is 4.49. The van der Waals surface area contributed by atoms with Gasteiger partial charge in [0, 0.05) is 12.6 Å². The van der Waals surface area contributed by atoms with Crippen LogP contribution in [0.3, 0.4) is 0 Å². The minimum atomic E-state index is -0.719. The molecule has 1 heterocycles. The van der Waals surface area contributed by atoms with E-state index in [-0.39, 0.29) is 11.7 Å². The molecule has 3 rings (SSSR count). The van der Waals surface area contributed by atoms with Crippen LogP contribution in [-0.2, 0) is 9.59 Å². The maximum Gasteiger partial charge on any atom is 0.261 e. The second-order valence-corrected chi connectivity index (χ2v) is 5.30. The third-order valence-electron chi connectivity index (χ3n) is 3.77. The van der Waals surface area contributed by atoms with E-state index in [4.69, 9.17) is 0 Å². The Labute approximate surface area is 122 Å². The van der Waals surface area contributed by atoms with E-state index in [0.717, 1.165) is 11.1 Å². The number of benzene rings is 1. The van der Waals surface area contributed by atoms with E-state index < -0.39 is 5.54 Å². The molecule has 1 aliphatic heterocycles. The molecule has 1 aromatic rings. The Morgan fingerprint density at radius 2 is 1.65 bits per heavy atom. The van der Waals surface area contributed by atoms with E-state index in [0.29, 0.717) is 4.91 Å². The number of allylic oxidation sites excluding steroid dienone is 2. The molecular formula is C16H13NO2S. The highest BCUT2D eigenvalue weighted by Gasteiger charge is 2.46. The molecule has 3 nitrogen and oxygen atoms in total. The quantitative estimate of drug-likeness (QED) is 0.803. The highest BCUT2D eigenvalue weighted by atomic mass is 32.1. The van der Waals surface area contributed by atoms with E-state index in [9.17, 15) is 9.59 Å². The van der Waals surface area contributed by atoms with Crippen molar-refractivity contribution in [2.45, 2.75) is 5.54 Å². The maximum absolute atomic E-state index is 12.3. The summed E-state index contributed by atoms with van der Waals surface area (Å²) in [5.74, 6) is -0.215.